The Balaban J connectivity index is 2.43. The van der Waals surface area contributed by atoms with Crippen LogP contribution >= 0.6 is 34.8 Å². The zero-order chi connectivity index (χ0) is 14.7. The lowest BCUT2D eigenvalue weighted by Crippen LogP contribution is -2.16. The minimum atomic E-state index is -4.70. The number of alkyl halides is 3. The number of ether oxygens (including phenoxy) is 1. The molecule has 0 radical (unpaired) electrons. The van der Waals surface area contributed by atoms with Crippen LogP contribution in [-0.2, 0) is 24.1 Å². The van der Waals surface area contributed by atoms with Crippen LogP contribution in [0.4, 0.5) is 13.2 Å². The van der Waals surface area contributed by atoms with Crippen molar-refractivity contribution in [1.82, 2.24) is 9.55 Å². The molecule has 108 valence electrons. The van der Waals surface area contributed by atoms with Gasteiger partial charge in [0.25, 0.3) is 0 Å². The fraction of sp³-hybridized carbons (Fsp3) is 0.364. The molecule has 2 aromatic rings. The minimum Gasteiger partial charge on any atom is -0.372 e. The molecule has 0 aliphatic carbocycles. The van der Waals surface area contributed by atoms with Gasteiger partial charge in [-0.25, -0.2) is 4.98 Å². The Labute approximate surface area is 126 Å². The molecule has 3 nitrogen and oxygen atoms in total. The second-order valence-corrected chi connectivity index (χ2v) is 5.38. The maximum Gasteiger partial charge on any atom is 0.419 e. The van der Waals surface area contributed by atoms with Gasteiger partial charge in [-0.15, -0.1) is 0 Å². The van der Waals surface area contributed by atoms with E-state index in [2.05, 4.69) is 4.98 Å². The lowest BCUT2D eigenvalue weighted by Gasteiger charge is -2.17. The average molecular weight is 346 g/mol. The van der Waals surface area contributed by atoms with Crippen LogP contribution in [0, 0.1) is 0 Å². The minimum absolute atomic E-state index is 0.00566. The quantitative estimate of drug-likeness (QED) is 0.655. The molecule has 0 saturated carbocycles. The Morgan fingerprint density at radius 1 is 1.10 bits per heavy atom. The number of halogens is 6. The molecule has 0 atom stereocenters. The van der Waals surface area contributed by atoms with E-state index < -0.39 is 21.8 Å². The fourth-order valence-corrected chi connectivity index (χ4v) is 3.18. The van der Waals surface area contributed by atoms with Gasteiger partial charge in [-0.2, -0.15) is 13.2 Å². The van der Waals surface area contributed by atoms with Crippen LogP contribution in [0.2, 0.25) is 15.1 Å². The number of hydrogen-bond acceptors (Lipinski definition) is 2. The summed E-state index contributed by atoms with van der Waals surface area (Å²) in [5.41, 5.74) is -0.850. The van der Waals surface area contributed by atoms with Crippen molar-refractivity contribution in [2.24, 2.45) is 0 Å². The molecule has 0 saturated heterocycles. The van der Waals surface area contributed by atoms with Gasteiger partial charge >= 0.3 is 6.18 Å². The van der Waals surface area contributed by atoms with E-state index >= 15 is 0 Å². The molecule has 0 N–H and O–H groups in total. The summed E-state index contributed by atoms with van der Waals surface area (Å²) in [6.07, 6.45) is -4.70. The highest BCUT2D eigenvalue weighted by Crippen LogP contribution is 2.47. The van der Waals surface area contributed by atoms with E-state index in [0.717, 1.165) is 0 Å². The van der Waals surface area contributed by atoms with Crippen LogP contribution in [0.5, 0.6) is 0 Å². The summed E-state index contributed by atoms with van der Waals surface area (Å²) in [6.45, 7) is 1.05. The molecular formula is C11H6Cl3F3N2O. The Morgan fingerprint density at radius 2 is 1.80 bits per heavy atom. The highest BCUT2D eigenvalue weighted by molar-refractivity contribution is 6.48. The first-order chi connectivity index (χ1) is 9.32. The van der Waals surface area contributed by atoms with E-state index in [-0.39, 0.29) is 17.1 Å². The SMILES string of the molecule is FC(F)(F)c1c(Cl)c(Cl)c2c(nc3n2CCOC3)c1Cl. The van der Waals surface area contributed by atoms with E-state index in [1.165, 1.54) is 0 Å². The summed E-state index contributed by atoms with van der Waals surface area (Å²) >= 11 is 17.6. The standard InChI is InChI=1S/C11H6Cl3F3N2O/c12-6-5(11(15,16)17)7(13)9-10(8(6)14)19-1-2-20-3-4(19)18-9/h1-3H2. The molecule has 1 aromatic heterocycles. The van der Waals surface area contributed by atoms with Crippen LogP contribution in [-0.4, -0.2) is 16.2 Å². The van der Waals surface area contributed by atoms with Crippen LogP contribution in [0.1, 0.15) is 11.4 Å². The topological polar surface area (TPSA) is 27.1 Å². The molecule has 1 aliphatic heterocycles. The smallest absolute Gasteiger partial charge is 0.372 e. The summed E-state index contributed by atoms with van der Waals surface area (Å²) < 4.78 is 45.9. The van der Waals surface area contributed by atoms with E-state index in [1.807, 2.05) is 0 Å². The Morgan fingerprint density at radius 3 is 2.45 bits per heavy atom. The van der Waals surface area contributed by atoms with Gasteiger partial charge in [-0.1, -0.05) is 34.8 Å². The maximum absolute atomic E-state index is 13.0. The second kappa shape index (κ2) is 4.66. The largest absolute Gasteiger partial charge is 0.419 e. The Bertz CT molecular complexity index is 711. The molecule has 2 heterocycles. The molecular weight excluding hydrogens is 339 g/mol. The summed E-state index contributed by atoms with van der Waals surface area (Å²) in [4.78, 5) is 4.09. The second-order valence-electron chi connectivity index (χ2n) is 4.24. The summed E-state index contributed by atoms with van der Waals surface area (Å²) in [7, 11) is 0. The first kappa shape index (κ1) is 14.3. The van der Waals surface area contributed by atoms with E-state index in [9.17, 15) is 13.2 Å². The van der Waals surface area contributed by atoms with Crippen molar-refractivity contribution in [2.75, 3.05) is 6.61 Å². The van der Waals surface area contributed by atoms with Crippen molar-refractivity contribution in [3.63, 3.8) is 0 Å². The molecule has 0 unspecified atom stereocenters. The third kappa shape index (κ3) is 1.97. The summed E-state index contributed by atoms with van der Waals surface area (Å²) in [5.74, 6) is 0.477. The third-order valence-electron chi connectivity index (χ3n) is 3.07. The van der Waals surface area contributed by atoms with Gasteiger partial charge in [0.1, 0.15) is 17.9 Å². The lowest BCUT2D eigenvalue weighted by molar-refractivity contribution is -0.137. The molecule has 20 heavy (non-hydrogen) atoms. The van der Waals surface area contributed by atoms with Gasteiger partial charge in [0, 0.05) is 6.54 Å². The zero-order valence-electron chi connectivity index (χ0n) is 9.69. The molecule has 9 heteroatoms. The molecule has 0 amide bonds. The van der Waals surface area contributed by atoms with Gasteiger partial charge in [0.05, 0.1) is 32.8 Å². The van der Waals surface area contributed by atoms with Crippen LogP contribution in [0.15, 0.2) is 0 Å². The highest BCUT2D eigenvalue weighted by atomic mass is 35.5. The highest BCUT2D eigenvalue weighted by Gasteiger charge is 2.39. The number of rotatable bonds is 0. The number of imidazole rings is 1. The van der Waals surface area contributed by atoms with Gasteiger partial charge in [0.15, 0.2) is 0 Å². The molecule has 1 aromatic carbocycles. The summed E-state index contributed by atoms with van der Waals surface area (Å²) in [5, 5.41) is -1.34. The van der Waals surface area contributed by atoms with Crippen molar-refractivity contribution in [3.8, 4) is 0 Å². The summed E-state index contributed by atoms with van der Waals surface area (Å²) in [6, 6.07) is 0. The predicted octanol–water partition coefficient (Wildman–Crippen LogP) is 4.55. The van der Waals surface area contributed by atoms with Gasteiger partial charge in [0.2, 0.25) is 0 Å². The number of fused-ring (bicyclic) bond motifs is 3. The molecule has 0 fully saturated rings. The van der Waals surface area contributed by atoms with Crippen LogP contribution < -0.4 is 0 Å². The molecule has 1 aliphatic rings. The van der Waals surface area contributed by atoms with Crippen LogP contribution in [0.25, 0.3) is 11.0 Å². The Kier molecular flexibility index (Phi) is 3.32. The van der Waals surface area contributed by atoms with E-state index in [0.29, 0.717) is 24.5 Å². The monoisotopic (exact) mass is 344 g/mol. The lowest BCUT2D eigenvalue weighted by atomic mass is 10.2. The van der Waals surface area contributed by atoms with Crippen molar-refractivity contribution in [1.29, 1.82) is 0 Å². The molecule has 0 bridgehead atoms. The molecule has 3 rings (SSSR count). The average Bonchev–Trinajstić information content (AvgIpc) is 2.74. The zero-order valence-corrected chi connectivity index (χ0v) is 12.0. The Hall–Kier alpha value is -0.690. The third-order valence-corrected chi connectivity index (χ3v) is 4.28. The number of aromatic nitrogens is 2. The van der Waals surface area contributed by atoms with Crippen LogP contribution in [0.3, 0.4) is 0 Å². The van der Waals surface area contributed by atoms with Gasteiger partial charge < -0.3 is 9.30 Å². The number of benzene rings is 1. The fourth-order valence-electron chi connectivity index (χ4n) is 2.22. The van der Waals surface area contributed by atoms with E-state index in [1.54, 1.807) is 4.57 Å². The van der Waals surface area contributed by atoms with Crippen molar-refractivity contribution >= 4 is 45.8 Å². The van der Waals surface area contributed by atoms with E-state index in [4.69, 9.17) is 39.5 Å². The first-order valence-corrected chi connectivity index (χ1v) is 6.66. The first-order valence-electron chi connectivity index (χ1n) is 5.53. The number of nitrogens with zero attached hydrogens (tertiary/aromatic N) is 2. The molecule has 0 spiro atoms. The van der Waals surface area contributed by atoms with Gasteiger partial charge in [-0.05, 0) is 0 Å². The normalized spacial score (nSPS) is 15.7. The van der Waals surface area contributed by atoms with Crippen molar-refractivity contribution in [2.45, 2.75) is 19.3 Å². The van der Waals surface area contributed by atoms with Gasteiger partial charge in [-0.3, -0.25) is 0 Å². The van der Waals surface area contributed by atoms with Crippen molar-refractivity contribution in [3.05, 3.63) is 26.5 Å². The predicted molar refractivity (Wildman–Crippen MR) is 69.4 cm³/mol. The number of hydrogen-bond donors (Lipinski definition) is 0. The van der Waals surface area contributed by atoms with Crippen molar-refractivity contribution < 1.29 is 17.9 Å². The maximum atomic E-state index is 13.0.